The summed E-state index contributed by atoms with van der Waals surface area (Å²) in [5.74, 6) is 1.74. The zero-order valence-corrected chi connectivity index (χ0v) is 10.3. The van der Waals surface area contributed by atoms with Crippen LogP contribution in [0.5, 0.6) is 5.75 Å². The van der Waals surface area contributed by atoms with E-state index in [-0.39, 0.29) is 0 Å². The van der Waals surface area contributed by atoms with Gasteiger partial charge in [-0.25, -0.2) is 4.98 Å². The van der Waals surface area contributed by atoms with Crippen molar-refractivity contribution in [1.82, 2.24) is 19.3 Å². The highest BCUT2D eigenvalue weighted by atomic mass is 16.5. The van der Waals surface area contributed by atoms with Gasteiger partial charge in [-0.2, -0.15) is 5.10 Å². The van der Waals surface area contributed by atoms with Gasteiger partial charge in [-0.3, -0.25) is 4.68 Å². The van der Waals surface area contributed by atoms with Crippen LogP contribution in [0.3, 0.4) is 0 Å². The molecule has 0 unspecified atom stereocenters. The maximum Gasteiger partial charge on any atom is 0.157 e. The van der Waals surface area contributed by atoms with Crippen LogP contribution in [0.4, 0.5) is 0 Å². The number of aryl methyl sites for hydroxylation is 2. The fourth-order valence-corrected chi connectivity index (χ4v) is 1.69. The number of hydrogen-bond acceptors (Lipinski definition) is 3. The fourth-order valence-electron chi connectivity index (χ4n) is 1.69. The molecule has 92 valence electrons. The average Bonchev–Trinajstić information content (AvgIpc) is 2.95. The second kappa shape index (κ2) is 5.52. The molecule has 2 aromatic heterocycles. The number of rotatable bonds is 6. The van der Waals surface area contributed by atoms with E-state index in [0.717, 1.165) is 31.1 Å². The monoisotopic (exact) mass is 234 g/mol. The third-order valence-electron chi connectivity index (χ3n) is 2.57. The molecular formula is C12H18N4O. The number of aromatic nitrogens is 4. The Morgan fingerprint density at radius 2 is 2.24 bits per heavy atom. The zero-order valence-electron chi connectivity index (χ0n) is 10.3. The summed E-state index contributed by atoms with van der Waals surface area (Å²) in [6, 6.07) is 0. The van der Waals surface area contributed by atoms with Crippen molar-refractivity contribution in [3.05, 3.63) is 30.6 Å². The first-order valence-electron chi connectivity index (χ1n) is 5.98. The number of imidazole rings is 1. The molecule has 0 aliphatic rings. The van der Waals surface area contributed by atoms with Crippen LogP contribution in [0.15, 0.2) is 24.8 Å². The molecule has 0 saturated carbocycles. The van der Waals surface area contributed by atoms with Gasteiger partial charge in [0.2, 0.25) is 0 Å². The quantitative estimate of drug-likeness (QED) is 0.768. The molecule has 0 amide bonds. The van der Waals surface area contributed by atoms with Crippen LogP contribution < -0.4 is 4.74 Å². The van der Waals surface area contributed by atoms with Crippen LogP contribution in [0, 0.1) is 0 Å². The standard InChI is InChI=1S/C12H18N4O/c1-3-6-16-9-11(8-14-16)17-10-12-13-5-7-15(12)4-2/h5,7-9H,3-4,6,10H2,1-2H3. The maximum atomic E-state index is 5.65. The fraction of sp³-hybridized carbons (Fsp3) is 0.500. The van der Waals surface area contributed by atoms with Crippen molar-refractivity contribution in [1.29, 1.82) is 0 Å². The minimum Gasteiger partial charge on any atom is -0.482 e. The first kappa shape index (κ1) is 11.7. The Bertz CT molecular complexity index is 461. The minimum atomic E-state index is 0.485. The van der Waals surface area contributed by atoms with E-state index < -0.39 is 0 Å². The van der Waals surface area contributed by atoms with Crippen molar-refractivity contribution >= 4 is 0 Å². The van der Waals surface area contributed by atoms with Gasteiger partial charge >= 0.3 is 0 Å². The highest BCUT2D eigenvalue weighted by Crippen LogP contribution is 2.11. The van der Waals surface area contributed by atoms with Crippen LogP contribution in [0.25, 0.3) is 0 Å². The van der Waals surface area contributed by atoms with Gasteiger partial charge in [-0.05, 0) is 13.3 Å². The first-order valence-corrected chi connectivity index (χ1v) is 5.98. The van der Waals surface area contributed by atoms with Gasteiger partial charge in [0, 0.05) is 25.5 Å². The van der Waals surface area contributed by atoms with Crippen molar-refractivity contribution in [2.24, 2.45) is 0 Å². The molecule has 0 N–H and O–H groups in total. The Kier molecular flexibility index (Phi) is 3.80. The molecule has 0 atom stereocenters. The van der Waals surface area contributed by atoms with Gasteiger partial charge in [0.05, 0.1) is 12.4 Å². The second-order valence-electron chi connectivity index (χ2n) is 3.86. The van der Waals surface area contributed by atoms with Gasteiger partial charge in [-0.15, -0.1) is 0 Å². The molecule has 0 radical (unpaired) electrons. The molecule has 0 aliphatic heterocycles. The minimum absolute atomic E-state index is 0.485. The molecule has 2 rings (SSSR count). The third-order valence-corrected chi connectivity index (χ3v) is 2.57. The van der Waals surface area contributed by atoms with Gasteiger partial charge in [-0.1, -0.05) is 6.92 Å². The summed E-state index contributed by atoms with van der Waals surface area (Å²) in [7, 11) is 0. The second-order valence-corrected chi connectivity index (χ2v) is 3.86. The van der Waals surface area contributed by atoms with Crippen molar-refractivity contribution in [2.75, 3.05) is 0 Å². The van der Waals surface area contributed by atoms with Gasteiger partial charge in [0.25, 0.3) is 0 Å². The summed E-state index contributed by atoms with van der Waals surface area (Å²) in [5, 5.41) is 4.21. The summed E-state index contributed by atoms with van der Waals surface area (Å²) in [5.41, 5.74) is 0. The highest BCUT2D eigenvalue weighted by molar-refractivity contribution is 5.12. The van der Waals surface area contributed by atoms with Gasteiger partial charge < -0.3 is 9.30 Å². The lowest BCUT2D eigenvalue weighted by Gasteiger charge is -2.05. The van der Waals surface area contributed by atoms with E-state index in [2.05, 4.69) is 28.5 Å². The maximum absolute atomic E-state index is 5.65. The Morgan fingerprint density at radius 3 is 3.00 bits per heavy atom. The van der Waals surface area contributed by atoms with Crippen molar-refractivity contribution < 1.29 is 4.74 Å². The molecule has 5 heteroatoms. The lowest BCUT2D eigenvalue weighted by atomic mass is 10.5. The van der Waals surface area contributed by atoms with Crippen LogP contribution in [-0.4, -0.2) is 19.3 Å². The van der Waals surface area contributed by atoms with E-state index in [1.807, 2.05) is 17.1 Å². The van der Waals surface area contributed by atoms with E-state index >= 15 is 0 Å². The molecule has 2 aromatic rings. The Hall–Kier alpha value is -1.78. The van der Waals surface area contributed by atoms with Crippen molar-refractivity contribution in [2.45, 2.75) is 40.0 Å². The van der Waals surface area contributed by atoms with Gasteiger partial charge in [0.15, 0.2) is 5.75 Å². The predicted octanol–water partition coefficient (Wildman–Crippen LogP) is 2.09. The predicted molar refractivity (Wildman–Crippen MR) is 64.8 cm³/mol. The summed E-state index contributed by atoms with van der Waals surface area (Å²) < 4.78 is 9.61. The third kappa shape index (κ3) is 2.87. The van der Waals surface area contributed by atoms with E-state index in [1.165, 1.54) is 0 Å². The van der Waals surface area contributed by atoms with E-state index in [9.17, 15) is 0 Å². The first-order chi connectivity index (χ1) is 8.33. The molecule has 0 aliphatic carbocycles. The lowest BCUT2D eigenvalue weighted by Crippen LogP contribution is -2.05. The van der Waals surface area contributed by atoms with Crippen LogP contribution >= 0.6 is 0 Å². The van der Waals surface area contributed by atoms with E-state index in [0.29, 0.717) is 6.61 Å². The van der Waals surface area contributed by atoms with Crippen LogP contribution in [0.1, 0.15) is 26.1 Å². The number of hydrogen-bond donors (Lipinski definition) is 0. The average molecular weight is 234 g/mol. The smallest absolute Gasteiger partial charge is 0.157 e. The molecule has 0 fully saturated rings. The normalized spacial score (nSPS) is 10.7. The lowest BCUT2D eigenvalue weighted by molar-refractivity contribution is 0.289. The van der Waals surface area contributed by atoms with Crippen LogP contribution in [0.2, 0.25) is 0 Å². The summed E-state index contributed by atoms with van der Waals surface area (Å²) in [6.45, 7) is 6.53. The molecule has 0 saturated heterocycles. The Labute approximate surface area is 101 Å². The van der Waals surface area contributed by atoms with E-state index in [1.54, 1.807) is 12.4 Å². The Balaban J connectivity index is 1.93. The Morgan fingerprint density at radius 1 is 1.35 bits per heavy atom. The largest absolute Gasteiger partial charge is 0.482 e. The van der Waals surface area contributed by atoms with Gasteiger partial charge in [0.1, 0.15) is 12.4 Å². The highest BCUT2D eigenvalue weighted by Gasteiger charge is 2.03. The molecule has 17 heavy (non-hydrogen) atoms. The van der Waals surface area contributed by atoms with Crippen molar-refractivity contribution in [3.8, 4) is 5.75 Å². The number of ether oxygens (including phenoxy) is 1. The topological polar surface area (TPSA) is 44.9 Å². The van der Waals surface area contributed by atoms with E-state index in [4.69, 9.17) is 4.74 Å². The molecule has 0 bridgehead atoms. The zero-order chi connectivity index (χ0) is 12.1. The summed E-state index contributed by atoms with van der Waals surface area (Å²) in [4.78, 5) is 4.26. The summed E-state index contributed by atoms with van der Waals surface area (Å²) >= 11 is 0. The molecule has 5 nitrogen and oxygen atoms in total. The number of nitrogens with zero attached hydrogens (tertiary/aromatic N) is 4. The molecule has 0 spiro atoms. The molecule has 0 aromatic carbocycles. The molecular weight excluding hydrogens is 216 g/mol. The van der Waals surface area contributed by atoms with Crippen LogP contribution in [-0.2, 0) is 19.7 Å². The summed E-state index contributed by atoms with van der Waals surface area (Å²) in [6.07, 6.45) is 8.49. The molecule has 2 heterocycles. The SMILES string of the molecule is CCCn1cc(OCc2nccn2CC)cn1. The van der Waals surface area contributed by atoms with Crippen molar-refractivity contribution in [3.63, 3.8) is 0 Å².